The highest BCUT2D eigenvalue weighted by Gasteiger charge is 2.42. The predicted molar refractivity (Wildman–Crippen MR) is 90.8 cm³/mol. The Labute approximate surface area is 144 Å². The van der Waals surface area contributed by atoms with Gasteiger partial charge >= 0.3 is 0 Å². The number of carbonyl (C=O) groups excluding carboxylic acids is 1. The number of anilines is 1. The van der Waals surface area contributed by atoms with E-state index in [0.717, 1.165) is 22.5 Å². The molecule has 2 aromatic carbocycles. The van der Waals surface area contributed by atoms with Crippen molar-refractivity contribution in [1.29, 1.82) is 0 Å². The summed E-state index contributed by atoms with van der Waals surface area (Å²) < 4.78 is 18.6. The average molecular weight is 337 g/mol. The molecule has 4 rings (SSSR count). The number of H-pyrrole nitrogens is 1. The molecule has 0 radical (unpaired) electrons. The maximum atomic E-state index is 13.4. The van der Waals surface area contributed by atoms with Crippen molar-refractivity contribution in [2.75, 3.05) is 12.0 Å². The van der Waals surface area contributed by atoms with Gasteiger partial charge in [0, 0.05) is 18.4 Å². The number of aromatic nitrogens is 2. The van der Waals surface area contributed by atoms with Gasteiger partial charge in [0.25, 0.3) is 5.91 Å². The molecule has 0 aliphatic carbocycles. The van der Waals surface area contributed by atoms with Gasteiger partial charge in [0.2, 0.25) is 0 Å². The summed E-state index contributed by atoms with van der Waals surface area (Å²) >= 11 is 0. The van der Waals surface area contributed by atoms with Crippen molar-refractivity contribution in [1.82, 2.24) is 10.2 Å². The fraction of sp³-hybridized carbons (Fsp3) is 0.158. The average Bonchev–Trinajstić information content (AvgIpc) is 3.16. The van der Waals surface area contributed by atoms with Crippen LogP contribution in [0.5, 0.6) is 0 Å². The number of rotatable bonds is 4. The number of benzene rings is 2. The van der Waals surface area contributed by atoms with E-state index in [-0.39, 0.29) is 17.8 Å². The van der Waals surface area contributed by atoms with Gasteiger partial charge in [0.05, 0.1) is 18.3 Å². The lowest BCUT2D eigenvalue weighted by atomic mass is 9.98. The molecule has 1 unspecified atom stereocenters. The molecule has 1 N–H and O–H groups in total. The number of carbonyl (C=O) groups is 1. The first-order valence-corrected chi connectivity index (χ1v) is 7.91. The summed E-state index contributed by atoms with van der Waals surface area (Å²) in [5.41, 5.74) is 3.49. The van der Waals surface area contributed by atoms with Crippen molar-refractivity contribution in [2.24, 2.45) is 0 Å². The number of ether oxygens (including phenoxy) is 1. The number of hydrogen-bond donors (Lipinski definition) is 1. The molecule has 0 spiro atoms. The molecular formula is C19H16FN3O2. The second kappa shape index (κ2) is 6.14. The van der Waals surface area contributed by atoms with Gasteiger partial charge in [-0.15, -0.1) is 0 Å². The molecule has 1 aromatic heterocycles. The number of nitrogens with one attached hydrogen (secondary N) is 1. The number of amides is 1. The Morgan fingerprint density at radius 1 is 1.16 bits per heavy atom. The summed E-state index contributed by atoms with van der Waals surface area (Å²) in [5.74, 6) is -0.502. The molecule has 1 aliphatic heterocycles. The summed E-state index contributed by atoms with van der Waals surface area (Å²) in [6, 6.07) is 15.2. The van der Waals surface area contributed by atoms with E-state index in [1.807, 2.05) is 30.3 Å². The fourth-order valence-electron chi connectivity index (χ4n) is 3.27. The van der Waals surface area contributed by atoms with Gasteiger partial charge in [-0.3, -0.25) is 14.8 Å². The molecule has 6 heteroatoms. The number of nitrogens with zero attached hydrogens (tertiary/aromatic N) is 2. The molecule has 25 heavy (non-hydrogen) atoms. The molecule has 126 valence electrons. The van der Waals surface area contributed by atoms with Crippen LogP contribution in [0.25, 0.3) is 0 Å². The highest BCUT2D eigenvalue weighted by atomic mass is 19.1. The standard InChI is InChI=1S/C19H16FN3O2/c1-25-11-15-16-17(22-21-15)19(24)23(14-5-3-2-4-6-14)18(16)12-7-9-13(20)10-8-12/h2-10,18H,11H2,1H3,(H,21,22). The maximum absolute atomic E-state index is 13.4. The van der Waals surface area contributed by atoms with Crippen molar-refractivity contribution >= 4 is 11.6 Å². The minimum Gasteiger partial charge on any atom is -0.378 e. The monoisotopic (exact) mass is 337 g/mol. The van der Waals surface area contributed by atoms with Gasteiger partial charge in [0.15, 0.2) is 5.69 Å². The summed E-state index contributed by atoms with van der Waals surface area (Å²) in [6.45, 7) is 0.315. The molecule has 5 nitrogen and oxygen atoms in total. The van der Waals surface area contributed by atoms with Crippen LogP contribution in [0.2, 0.25) is 0 Å². The molecule has 0 saturated carbocycles. The van der Waals surface area contributed by atoms with E-state index in [1.165, 1.54) is 12.1 Å². The number of halogens is 1. The third kappa shape index (κ3) is 2.51. The topological polar surface area (TPSA) is 58.2 Å². The first-order valence-electron chi connectivity index (χ1n) is 7.91. The Kier molecular flexibility index (Phi) is 3.82. The smallest absolute Gasteiger partial charge is 0.280 e. The Balaban J connectivity index is 1.89. The van der Waals surface area contributed by atoms with Crippen molar-refractivity contribution in [3.05, 3.63) is 82.9 Å². The van der Waals surface area contributed by atoms with Crippen molar-refractivity contribution < 1.29 is 13.9 Å². The number of aromatic amines is 1. The summed E-state index contributed by atoms with van der Waals surface area (Å²) in [7, 11) is 1.59. The lowest BCUT2D eigenvalue weighted by molar-refractivity contribution is 0.0988. The van der Waals surface area contributed by atoms with Crippen LogP contribution in [0.3, 0.4) is 0 Å². The van der Waals surface area contributed by atoms with Gasteiger partial charge in [-0.1, -0.05) is 30.3 Å². The minimum absolute atomic E-state index is 0.186. The molecule has 0 fully saturated rings. The minimum atomic E-state index is -0.380. The first kappa shape index (κ1) is 15.5. The van der Waals surface area contributed by atoms with E-state index in [1.54, 1.807) is 24.1 Å². The van der Waals surface area contributed by atoms with Gasteiger partial charge in [-0.05, 0) is 29.8 Å². The van der Waals surface area contributed by atoms with Gasteiger partial charge in [0.1, 0.15) is 5.82 Å². The van der Waals surface area contributed by atoms with E-state index in [0.29, 0.717) is 12.3 Å². The largest absolute Gasteiger partial charge is 0.378 e. The second-order valence-corrected chi connectivity index (χ2v) is 5.86. The molecule has 3 aromatic rings. The third-order valence-electron chi connectivity index (χ3n) is 4.34. The Hall–Kier alpha value is -2.99. The van der Waals surface area contributed by atoms with Gasteiger partial charge in [-0.25, -0.2) is 4.39 Å². The van der Waals surface area contributed by atoms with Crippen LogP contribution in [0, 0.1) is 5.82 Å². The lowest BCUT2D eigenvalue weighted by Crippen LogP contribution is -2.29. The molecule has 1 amide bonds. The molecule has 1 atom stereocenters. The maximum Gasteiger partial charge on any atom is 0.280 e. The fourth-order valence-corrected chi connectivity index (χ4v) is 3.27. The highest BCUT2D eigenvalue weighted by Crippen LogP contribution is 2.42. The van der Waals surface area contributed by atoms with Crippen molar-refractivity contribution in [2.45, 2.75) is 12.6 Å². The SMILES string of the molecule is COCc1[nH]nc2c1C(c1ccc(F)cc1)N(c1ccccc1)C2=O. The summed E-state index contributed by atoms with van der Waals surface area (Å²) in [4.78, 5) is 14.7. The second-order valence-electron chi connectivity index (χ2n) is 5.86. The van der Waals surface area contributed by atoms with Crippen LogP contribution >= 0.6 is 0 Å². The highest BCUT2D eigenvalue weighted by molar-refractivity contribution is 6.10. The predicted octanol–water partition coefficient (Wildman–Crippen LogP) is 3.45. The number of methoxy groups -OCH3 is 1. The van der Waals surface area contributed by atoms with E-state index in [9.17, 15) is 9.18 Å². The Bertz CT molecular complexity index is 906. The number of hydrogen-bond acceptors (Lipinski definition) is 3. The van der Waals surface area contributed by atoms with Crippen molar-refractivity contribution in [3.63, 3.8) is 0 Å². The molecule has 1 aliphatic rings. The summed E-state index contributed by atoms with van der Waals surface area (Å²) in [5, 5.41) is 7.09. The van der Waals surface area contributed by atoms with Crippen LogP contribution in [0.4, 0.5) is 10.1 Å². The summed E-state index contributed by atoms with van der Waals surface area (Å²) in [6.07, 6.45) is 0. The molecular weight excluding hydrogens is 321 g/mol. The van der Waals surface area contributed by atoms with Crippen LogP contribution in [0.1, 0.15) is 33.4 Å². The normalized spacial score (nSPS) is 16.3. The van der Waals surface area contributed by atoms with Crippen LogP contribution in [-0.4, -0.2) is 23.2 Å². The number of para-hydroxylation sites is 1. The third-order valence-corrected chi connectivity index (χ3v) is 4.34. The van der Waals surface area contributed by atoms with Crippen LogP contribution < -0.4 is 4.90 Å². The van der Waals surface area contributed by atoms with E-state index >= 15 is 0 Å². The van der Waals surface area contributed by atoms with E-state index in [2.05, 4.69) is 10.2 Å². The molecule has 2 heterocycles. The quantitative estimate of drug-likeness (QED) is 0.793. The van der Waals surface area contributed by atoms with Crippen LogP contribution in [-0.2, 0) is 11.3 Å². The lowest BCUT2D eigenvalue weighted by Gasteiger charge is -2.26. The Morgan fingerprint density at radius 2 is 1.88 bits per heavy atom. The van der Waals surface area contributed by atoms with Crippen LogP contribution in [0.15, 0.2) is 54.6 Å². The van der Waals surface area contributed by atoms with Gasteiger partial charge in [-0.2, -0.15) is 5.10 Å². The van der Waals surface area contributed by atoms with Crippen molar-refractivity contribution in [3.8, 4) is 0 Å². The van der Waals surface area contributed by atoms with E-state index in [4.69, 9.17) is 4.74 Å². The first-order chi connectivity index (χ1) is 12.2. The molecule has 0 saturated heterocycles. The zero-order valence-electron chi connectivity index (χ0n) is 13.6. The van der Waals surface area contributed by atoms with Gasteiger partial charge < -0.3 is 4.74 Å². The zero-order valence-corrected chi connectivity index (χ0v) is 13.6. The Morgan fingerprint density at radius 3 is 2.56 bits per heavy atom. The zero-order chi connectivity index (χ0) is 17.4. The number of fused-ring (bicyclic) bond motifs is 1. The molecule has 0 bridgehead atoms. The van der Waals surface area contributed by atoms with E-state index < -0.39 is 0 Å².